The molecule has 1 heterocycles. The smallest absolute Gasteiger partial charge is 0.226 e. The molecule has 1 rings (SSSR count). The van der Waals surface area contributed by atoms with Gasteiger partial charge in [0.1, 0.15) is 0 Å². The highest BCUT2D eigenvalue weighted by Gasteiger charge is 2.20. The van der Waals surface area contributed by atoms with E-state index in [1.807, 2.05) is 22.6 Å². The van der Waals surface area contributed by atoms with Crippen LogP contribution in [0, 0.1) is 3.57 Å². The van der Waals surface area contributed by atoms with Crippen molar-refractivity contribution in [3.05, 3.63) is 16.0 Å². The van der Waals surface area contributed by atoms with E-state index in [4.69, 9.17) is 10.7 Å². The predicted octanol–water partition coefficient (Wildman–Crippen LogP) is 0.423. The number of hydrogen-bond donors (Lipinski definition) is 0. The van der Waals surface area contributed by atoms with Gasteiger partial charge >= 0.3 is 0 Å². The van der Waals surface area contributed by atoms with Crippen LogP contribution in [0.3, 0.4) is 0 Å². The van der Waals surface area contributed by atoms with Crippen LogP contribution in [0.2, 0.25) is 0 Å². The number of nitrogens with zero attached hydrogens (tertiary/aromatic N) is 2. The summed E-state index contributed by atoms with van der Waals surface area (Å²) in [4.78, 5) is 7.21. The molecule has 0 atom stereocenters. The molecule has 16 heavy (non-hydrogen) atoms. The Morgan fingerprint density at radius 1 is 1.12 bits per heavy atom. The Morgan fingerprint density at radius 3 is 2.06 bits per heavy atom. The number of sulfone groups is 1. The molecule has 90 valence electrons. The van der Waals surface area contributed by atoms with Crippen molar-refractivity contribution in [3.8, 4) is 0 Å². The normalized spacial score (nSPS) is 12.6. The van der Waals surface area contributed by atoms with Gasteiger partial charge in [0.05, 0.1) is 11.5 Å². The largest absolute Gasteiger partial charge is 0.247 e. The summed E-state index contributed by atoms with van der Waals surface area (Å²) in [5, 5.41) is -0.395. The summed E-state index contributed by atoms with van der Waals surface area (Å²) < 4.78 is 45.0. The molecule has 1 aromatic heterocycles. The summed E-state index contributed by atoms with van der Waals surface area (Å²) in [6.07, 6.45) is 2.66. The first-order chi connectivity index (χ1) is 7.21. The SMILES string of the molecule is O=S(=O)(Cl)CCS(=O)(=O)c1ncc(I)cn1. The monoisotopic (exact) mass is 396 g/mol. The van der Waals surface area contributed by atoms with E-state index in [0.29, 0.717) is 3.57 Å². The molecule has 10 heteroatoms. The summed E-state index contributed by atoms with van der Waals surface area (Å²) in [7, 11) is -2.72. The Kier molecular flexibility index (Phi) is 4.49. The third-order valence-electron chi connectivity index (χ3n) is 1.47. The Labute approximate surface area is 111 Å². The zero-order valence-electron chi connectivity index (χ0n) is 7.67. The van der Waals surface area contributed by atoms with E-state index in [0.717, 1.165) is 0 Å². The molecule has 0 fully saturated rings. The van der Waals surface area contributed by atoms with E-state index in [1.54, 1.807) is 0 Å². The van der Waals surface area contributed by atoms with E-state index >= 15 is 0 Å². The van der Waals surface area contributed by atoms with Crippen LogP contribution in [0.25, 0.3) is 0 Å². The molecule has 0 N–H and O–H groups in total. The van der Waals surface area contributed by atoms with Crippen LogP contribution in [0.15, 0.2) is 17.6 Å². The van der Waals surface area contributed by atoms with Crippen LogP contribution < -0.4 is 0 Å². The van der Waals surface area contributed by atoms with Crippen LogP contribution in [-0.4, -0.2) is 38.3 Å². The lowest BCUT2D eigenvalue weighted by atomic mass is 10.7. The minimum atomic E-state index is -3.84. The fourth-order valence-electron chi connectivity index (χ4n) is 0.762. The maximum absolute atomic E-state index is 11.5. The number of hydrogen-bond acceptors (Lipinski definition) is 6. The van der Waals surface area contributed by atoms with Crippen molar-refractivity contribution in [1.29, 1.82) is 0 Å². The first-order valence-electron chi connectivity index (χ1n) is 3.83. The quantitative estimate of drug-likeness (QED) is 0.416. The lowest BCUT2D eigenvalue weighted by Crippen LogP contribution is -2.16. The highest BCUT2D eigenvalue weighted by molar-refractivity contribution is 14.1. The van der Waals surface area contributed by atoms with Gasteiger partial charge in [-0.05, 0) is 22.6 Å². The molecule has 0 aromatic carbocycles. The maximum atomic E-state index is 11.5. The first-order valence-corrected chi connectivity index (χ1v) is 9.04. The average Bonchev–Trinajstić information content (AvgIpc) is 2.15. The summed E-state index contributed by atoms with van der Waals surface area (Å²) >= 11 is 1.92. The van der Waals surface area contributed by atoms with Gasteiger partial charge in [0, 0.05) is 26.6 Å². The molecule has 0 bridgehead atoms. The van der Waals surface area contributed by atoms with Gasteiger partial charge in [-0.3, -0.25) is 0 Å². The van der Waals surface area contributed by atoms with Crippen molar-refractivity contribution < 1.29 is 16.8 Å². The molecule has 6 nitrogen and oxygen atoms in total. The molecule has 0 amide bonds. The van der Waals surface area contributed by atoms with Crippen LogP contribution >= 0.6 is 33.3 Å². The fourth-order valence-corrected chi connectivity index (χ4v) is 3.89. The van der Waals surface area contributed by atoms with Crippen molar-refractivity contribution in [2.45, 2.75) is 5.16 Å². The van der Waals surface area contributed by atoms with Crippen molar-refractivity contribution in [1.82, 2.24) is 9.97 Å². The Hall–Kier alpha value is -0.000000000000000222. The summed E-state index contributed by atoms with van der Waals surface area (Å²) in [5.74, 6) is -1.29. The zero-order chi connectivity index (χ0) is 12.4. The topological polar surface area (TPSA) is 94.1 Å². The van der Waals surface area contributed by atoms with Gasteiger partial charge in [0.2, 0.25) is 24.0 Å². The molecule has 0 aliphatic rings. The minimum Gasteiger partial charge on any atom is -0.226 e. The van der Waals surface area contributed by atoms with Gasteiger partial charge in [0.25, 0.3) is 0 Å². The van der Waals surface area contributed by atoms with Crippen molar-refractivity contribution >= 4 is 52.2 Å². The number of halogens is 2. The standard InChI is InChI=1S/C6H6ClIN2O4S2/c7-16(13,14)2-1-15(11,12)6-9-3-5(8)4-10-6/h3-4H,1-2H2. The zero-order valence-corrected chi connectivity index (χ0v) is 12.2. The third-order valence-corrected chi connectivity index (χ3v) is 4.95. The van der Waals surface area contributed by atoms with Gasteiger partial charge < -0.3 is 0 Å². The Morgan fingerprint density at radius 2 is 1.62 bits per heavy atom. The minimum absolute atomic E-state index is 0.395. The second kappa shape index (κ2) is 5.10. The molecular weight excluding hydrogens is 391 g/mol. The van der Waals surface area contributed by atoms with Crippen LogP contribution in [0.4, 0.5) is 0 Å². The van der Waals surface area contributed by atoms with E-state index in [9.17, 15) is 16.8 Å². The second-order valence-electron chi connectivity index (χ2n) is 2.75. The van der Waals surface area contributed by atoms with Gasteiger partial charge in [-0.25, -0.2) is 26.8 Å². The molecule has 0 aliphatic heterocycles. The molecule has 0 spiro atoms. The van der Waals surface area contributed by atoms with Crippen LogP contribution in [-0.2, 0) is 18.9 Å². The van der Waals surface area contributed by atoms with Gasteiger partial charge in [-0.15, -0.1) is 0 Å². The van der Waals surface area contributed by atoms with E-state index < -0.39 is 35.6 Å². The Bertz CT molecular complexity index is 569. The van der Waals surface area contributed by atoms with Crippen LogP contribution in [0.5, 0.6) is 0 Å². The molecule has 0 saturated carbocycles. The van der Waals surface area contributed by atoms with E-state index in [-0.39, 0.29) is 0 Å². The van der Waals surface area contributed by atoms with Gasteiger partial charge in [0.15, 0.2) is 0 Å². The number of aromatic nitrogens is 2. The molecule has 0 radical (unpaired) electrons. The third kappa shape index (κ3) is 4.47. The van der Waals surface area contributed by atoms with Crippen molar-refractivity contribution in [2.75, 3.05) is 11.5 Å². The summed E-state index contributed by atoms with van der Waals surface area (Å²) in [5.41, 5.74) is 0. The maximum Gasteiger partial charge on any atom is 0.247 e. The van der Waals surface area contributed by atoms with Crippen LogP contribution in [0.1, 0.15) is 0 Å². The van der Waals surface area contributed by atoms with Gasteiger partial charge in [-0.1, -0.05) is 0 Å². The van der Waals surface area contributed by atoms with E-state index in [2.05, 4.69) is 9.97 Å². The number of rotatable bonds is 4. The average molecular weight is 397 g/mol. The summed E-state index contributed by atoms with van der Waals surface area (Å²) in [6, 6.07) is 0. The lowest BCUT2D eigenvalue weighted by molar-refractivity contribution is 0.585. The first kappa shape index (κ1) is 14.1. The molecule has 0 aliphatic carbocycles. The predicted molar refractivity (Wildman–Crippen MR) is 66.4 cm³/mol. The highest BCUT2D eigenvalue weighted by Crippen LogP contribution is 2.08. The Balaban J connectivity index is 2.91. The lowest BCUT2D eigenvalue weighted by Gasteiger charge is -2.00. The van der Waals surface area contributed by atoms with Gasteiger partial charge in [-0.2, -0.15) is 0 Å². The highest BCUT2D eigenvalue weighted by atomic mass is 127. The second-order valence-corrected chi connectivity index (χ2v) is 8.89. The molecule has 1 aromatic rings. The molecule has 0 unspecified atom stereocenters. The summed E-state index contributed by atoms with van der Waals surface area (Å²) in [6.45, 7) is 0. The molecule has 0 saturated heterocycles. The molecular formula is C6H6ClIN2O4S2. The van der Waals surface area contributed by atoms with Crippen molar-refractivity contribution in [2.24, 2.45) is 0 Å². The van der Waals surface area contributed by atoms with Crippen molar-refractivity contribution in [3.63, 3.8) is 0 Å². The fraction of sp³-hybridized carbons (Fsp3) is 0.333. The van der Waals surface area contributed by atoms with E-state index in [1.165, 1.54) is 12.4 Å².